The number of rotatable bonds is 1. The number of hydrogen-bond acceptors (Lipinski definition) is 2. The number of hydrogen-bond donors (Lipinski definition) is 0. The van der Waals surface area contributed by atoms with Crippen molar-refractivity contribution in [1.82, 2.24) is 10.2 Å². The smallest absolute Gasteiger partial charge is 0.0641 e. The molecule has 0 unspecified atom stereocenters. The van der Waals surface area contributed by atoms with Gasteiger partial charge in [0.05, 0.1) is 12.4 Å². The van der Waals surface area contributed by atoms with Crippen LogP contribution in [0, 0.1) is 0 Å². The first-order valence-electron chi connectivity index (χ1n) is 4.34. The second-order valence-corrected chi connectivity index (χ2v) is 4.13. The minimum atomic E-state index is 0.717. The van der Waals surface area contributed by atoms with Crippen molar-refractivity contribution in [3.05, 3.63) is 22.4 Å². The fourth-order valence-electron chi connectivity index (χ4n) is 1.85. The highest BCUT2D eigenvalue weighted by atomic mass is 79.9. The summed E-state index contributed by atoms with van der Waals surface area (Å²) in [4.78, 5) is 0. The highest BCUT2D eigenvalue weighted by molar-refractivity contribution is 9.10. The van der Waals surface area contributed by atoms with Crippen LogP contribution in [0.2, 0.25) is 0 Å². The monoisotopic (exact) mass is 226 g/mol. The molecule has 1 fully saturated rings. The molecule has 1 heterocycles. The Bertz CT molecular complexity index is 269. The van der Waals surface area contributed by atoms with E-state index in [1.807, 2.05) is 6.20 Å². The van der Waals surface area contributed by atoms with E-state index in [0.29, 0.717) is 0 Å². The van der Waals surface area contributed by atoms with E-state index in [0.717, 1.165) is 10.4 Å². The Kier molecular flexibility index (Phi) is 2.40. The largest absolute Gasteiger partial charge is 0.159 e. The quantitative estimate of drug-likeness (QED) is 0.737. The Morgan fingerprint density at radius 2 is 1.83 bits per heavy atom. The van der Waals surface area contributed by atoms with Gasteiger partial charge in [-0.2, -0.15) is 10.2 Å². The van der Waals surface area contributed by atoms with Gasteiger partial charge in [0.1, 0.15) is 0 Å². The molecule has 3 heteroatoms. The van der Waals surface area contributed by atoms with Crippen molar-refractivity contribution >= 4 is 15.9 Å². The summed E-state index contributed by atoms with van der Waals surface area (Å²) in [5, 5.41) is 7.73. The van der Waals surface area contributed by atoms with Crippen molar-refractivity contribution in [2.24, 2.45) is 0 Å². The molecule has 0 amide bonds. The van der Waals surface area contributed by atoms with E-state index in [9.17, 15) is 0 Å². The van der Waals surface area contributed by atoms with Crippen LogP contribution in [0.4, 0.5) is 0 Å². The van der Waals surface area contributed by atoms with Gasteiger partial charge in [0.2, 0.25) is 0 Å². The summed E-state index contributed by atoms with van der Waals surface area (Å²) in [5.74, 6) is 0.717. The molecule has 0 saturated heterocycles. The topological polar surface area (TPSA) is 25.8 Å². The molecular weight excluding hydrogens is 216 g/mol. The normalized spacial score (nSPS) is 18.4. The van der Waals surface area contributed by atoms with Crippen LogP contribution in [0.25, 0.3) is 0 Å². The molecule has 0 atom stereocenters. The second-order valence-electron chi connectivity index (χ2n) is 3.27. The van der Waals surface area contributed by atoms with Gasteiger partial charge >= 0.3 is 0 Å². The van der Waals surface area contributed by atoms with E-state index in [1.165, 1.54) is 31.2 Å². The zero-order valence-corrected chi connectivity index (χ0v) is 8.42. The Morgan fingerprint density at radius 1 is 1.17 bits per heavy atom. The van der Waals surface area contributed by atoms with Gasteiger partial charge in [0, 0.05) is 4.47 Å². The molecule has 1 aliphatic rings. The fourth-order valence-corrected chi connectivity index (χ4v) is 2.37. The number of aromatic nitrogens is 2. The molecule has 0 spiro atoms. The molecule has 1 aromatic heterocycles. The highest BCUT2D eigenvalue weighted by Crippen LogP contribution is 2.36. The third-order valence-electron chi connectivity index (χ3n) is 2.51. The summed E-state index contributed by atoms with van der Waals surface area (Å²) < 4.78 is 1.12. The number of nitrogens with zero attached hydrogens (tertiary/aromatic N) is 2. The molecule has 0 bridgehead atoms. The maximum Gasteiger partial charge on any atom is 0.0641 e. The van der Waals surface area contributed by atoms with E-state index in [1.54, 1.807) is 6.20 Å². The molecule has 0 radical (unpaired) electrons. The van der Waals surface area contributed by atoms with Gasteiger partial charge in [0.25, 0.3) is 0 Å². The van der Waals surface area contributed by atoms with Crippen LogP contribution in [-0.2, 0) is 0 Å². The molecule has 1 aliphatic carbocycles. The Balaban J connectivity index is 2.26. The summed E-state index contributed by atoms with van der Waals surface area (Å²) in [5.41, 5.74) is 1.34. The molecule has 0 aliphatic heterocycles. The van der Waals surface area contributed by atoms with Crippen molar-refractivity contribution in [2.45, 2.75) is 31.6 Å². The maximum atomic E-state index is 3.91. The summed E-state index contributed by atoms with van der Waals surface area (Å²) in [6.45, 7) is 0. The molecule has 1 aromatic rings. The van der Waals surface area contributed by atoms with E-state index >= 15 is 0 Å². The summed E-state index contributed by atoms with van der Waals surface area (Å²) in [7, 11) is 0. The predicted molar refractivity (Wildman–Crippen MR) is 50.9 cm³/mol. The Hall–Kier alpha value is -0.440. The minimum Gasteiger partial charge on any atom is -0.159 e. The lowest BCUT2D eigenvalue weighted by molar-refractivity contribution is 0.709. The lowest BCUT2D eigenvalue weighted by Gasteiger charge is -2.09. The third-order valence-corrected chi connectivity index (χ3v) is 3.17. The van der Waals surface area contributed by atoms with E-state index in [4.69, 9.17) is 0 Å². The van der Waals surface area contributed by atoms with Gasteiger partial charge in [-0.15, -0.1) is 0 Å². The third kappa shape index (κ3) is 1.51. The van der Waals surface area contributed by atoms with E-state index < -0.39 is 0 Å². The van der Waals surface area contributed by atoms with Crippen LogP contribution in [-0.4, -0.2) is 10.2 Å². The minimum absolute atomic E-state index is 0.717. The first-order chi connectivity index (χ1) is 5.88. The van der Waals surface area contributed by atoms with Crippen LogP contribution >= 0.6 is 15.9 Å². The maximum absolute atomic E-state index is 3.91. The van der Waals surface area contributed by atoms with Crippen LogP contribution in [0.5, 0.6) is 0 Å². The summed E-state index contributed by atoms with van der Waals surface area (Å²) >= 11 is 3.50. The number of halogens is 1. The van der Waals surface area contributed by atoms with E-state index in [2.05, 4.69) is 26.1 Å². The van der Waals surface area contributed by atoms with Gasteiger partial charge in [-0.1, -0.05) is 12.8 Å². The van der Waals surface area contributed by atoms with Gasteiger partial charge < -0.3 is 0 Å². The van der Waals surface area contributed by atoms with Crippen LogP contribution in [0.3, 0.4) is 0 Å². The average Bonchev–Trinajstić information content (AvgIpc) is 2.57. The highest BCUT2D eigenvalue weighted by Gasteiger charge is 2.19. The lowest BCUT2D eigenvalue weighted by Crippen LogP contribution is -1.95. The van der Waals surface area contributed by atoms with E-state index in [-0.39, 0.29) is 0 Å². The average molecular weight is 227 g/mol. The van der Waals surface area contributed by atoms with Crippen molar-refractivity contribution in [1.29, 1.82) is 0 Å². The van der Waals surface area contributed by atoms with Crippen LogP contribution in [0.15, 0.2) is 16.9 Å². The van der Waals surface area contributed by atoms with Crippen molar-refractivity contribution in [2.75, 3.05) is 0 Å². The first-order valence-corrected chi connectivity index (χ1v) is 5.13. The van der Waals surface area contributed by atoms with Gasteiger partial charge in [-0.25, -0.2) is 0 Å². The van der Waals surface area contributed by atoms with Crippen LogP contribution in [0.1, 0.15) is 37.2 Å². The molecule has 0 N–H and O–H groups in total. The SMILES string of the molecule is Brc1cnncc1C1CCCC1. The zero-order valence-electron chi connectivity index (χ0n) is 6.83. The Morgan fingerprint density at radius 3 is 2.50 bits per heavy atom. The van der Waals surface area contributed by atoms with Crippen molar-refractivity contribution < 1.29 is 0 Å². The molecule has 1 saturated carbocycles. The molecule has 12 heavy (non-hydrogen) atoms. The molecule has 0 aromatic carbocycles. The molecule has 64 valence electrons. The van der Waals surface area contributed by atoms with Crippen molar-refractivity contribution in [3.8, 4) is 0 Å². The fraction of sp³-hybridized carbons (Fsp3) is 0.556. The standard InChI is InChI=1S/C9H11BrN2/c10-9-6-12-11-5-8(9)7-3-1-2-4-7/h5-7H,1-4H2. The predicted octanol–water partition coefficient (Wildman–Crippen LogP) is 2.90. The van der Waals surface area contributed by atoms with Gasteiger partial charge in [-0.3, -0.25) is 0 Å². The first kappa shape index (κ1) is 8.17. The Labute approximate surface area is 80.5 Å². The molecule has 2 nitrogen and oxygen atoms in total. The lowest BCUT2D eigenvalue weighted by atomic mass is 10.0. The van der Waals surface area contributed by atoms with Crippen molar-refractivity contribution in [3.63, 3.8) is 0 Å². The zero-order chi connectivity index (χ0) is 8.39. The van der Waals surface area contributed by atoms with Gasteiger partial charge in [0.15, 0.2) is 0 Å². The van der Waals surface area contributed by atoms with Crippen LogP contribution < -0.4 is 0 Å². The molecular formula is C9H11BrN2. The molecule has 2 rings (SSSR count). The van der Waals surface area contributed by atoms with Gasteiger partial charge in [-0.05, 0) is 40.3 Å². The second kappa shape index (κ2) is 3.52. The summed E-state index contributed by atoms with van der Waals surface area (Å²) in [6.07, 6.45) is 9.02. The summed E-state index contributed by atoms with van der Waals surface area (Å²) in [6, 6.07) is 0.